The predicted octanol–water partition coefficient (Wildman–Crippen LogP) is 7.97. The minimum atomic E-state index is -0.590. The molecule has 2 fully saturated rings. The molecule has 0 radical (unpaired) electrons. The Labute approximate surface area is 377 Å². The first-order chi connectivity index (χ1) is 28.4. The molecule has 2 amide bonds. The van der Waals surface area contributed by atoms with E-state index in [0.29, 0.717) is 35.6 Å². The summed E-state index contributed by atoms with van der Waals surface area (Å²) in [6.45, 7) is 22.0. The number of β-amino-alcohol motifs (C(OH)–C–C–N with tert-alkyl or cyclic N) is 2. The summed E-state index contributed by atoms with van der Waals surface area (Å²) in [5.74, 6) is 2.62. The molecule has 2 saturated carbocycles. The Morgan fingerprint density at radius 1 is 0.733 bits per heavy atom. The van der Waals surface area contributed by atoms with Crippen molar-refractivity contribution in [3.63, 3.8) is 0 Å². The first kappa shape index (κ1) is 51.6. The van der Waals surface area contributed by atoms with Crippen LogP contribution in [0.3, 0.4) is 0 Å². The van der Waals surface area contributed by atoms with Gasteiger partial charge in [-0.25, -0.2) is 0 Å². The molecular weight excluding hydrogens is 888 g/mol. The zero-order valence-corrected chi connectivity index (χ0v) is 40.3. The van der Waals surface area contributed by atoms with Crippen LogP contribution in [0.4, 0.5) is 0 Å². The van der Waals surface area contributed by atoms with Gasteiger partial charge >= 0.3 is 0 Å². The Morgan fingerprint density at radius 3 is 1.63 bits per heavy atom. The molecule has 0 aliphatic heterocycles. The van der Waals surface area contributed by atoms with Gasteiger partial charge in [0.25, 0.3) is 0 Å². The van der Waals surface area contributed by atoms with E-state index >= 15 is 0 Å². The molecule has 6 N–H and O–H groups in total. The van der Waals surface area contributed by atoms with Gasteiger partial charge in [-0.15, -0.1) is 13.2 Å². The number of alkyl halides is 2. The van der Waals surface area contributed by atoms with Crippen LogP contribution in [0.1, 0.15) is 104 Å². The second-order valence-electron chi connectivity index (χ2n) is 18.4. The normalized spacial score (nSPS) is 22.9. The fourth-order valence-electron chi connectivity index (χ4n) is 8.44. The molecule has 2 atom stereocenters. The second-order valence-corrected chi connectivity index (χ2v) is 19.5. The van der Waals surface area contributed by atoms with Crippen molar-refractivity contribution in [1.82, 2.24) is 21.3 Å². The van der Waals surface area contributed by atoms with Crippen LogP contribution in [0.2, 0.25) is 0 Å². The summed E-state index contributed by atoms with van der Waals surface area (Å²) in [7, 11) is 0. The molecule has 0 heterocycles. The third kappa shape index (κ3) is 17.2. The van der Waals surface area contributed by atoms with Gasteiger partial charge < -0.3 is 41.0 Å². The molecule has 4 rings (SSSR count). The highest BCUT2D eigenvalue weighted by Gasteiger charge is 2.40. The van der Waals surface area contributed by atoms with E-state index in [1.54, 1.807) is 0 Å². The van der Waals surface area contributed by atoms with Crippen molar-refractivity contribution >= 4 is 43.7 Å². The number of allylic oxidation sites excluding steroid dienone is 2. The summed E-state index contributed by atoms with van der Waals surface area (Å²) in [5, 5.41) is 34.9. The number of aliphatic hydroxyl groups is 2. The minimum Gasteiger partial charge on any atom is -0.491 e. The van der Waals surface area contributed by atoms with Crippen LogP contribution in [-0.4, -0.2) is 93.4 Å². The van der Waals surface area contributed by atoms with Gasteiger partial charge in [-0.1, -0.05) is 80.4 Å². The first-order valence-corrected chi connectivity index (χ1v) is 23.9. The van der Waals surface area contributed by atoms with Gasteiger partial charge in [-0.3, -0.25) is 9.59 Å². The number of rotatable bonds is 22. The number of hydrogen-bond acceptors (Lipinski definition) is 8. The standard InChI is InChI=1S/2C24H37BrN2O3/c1-5-8-18-9-6-7-10-21(18)30-17-20(28)16-26-24(4)13-11-19(12-14-24)23(2,3)27-22(29)15-25;1-5-8-18-9-6-7-10-21(18)30-17-20(28)16-26-23(2,3)19-11-13-24(4,14-12-19)27-22(29)15-25/h2*5-7,9-10,19-20,26,28H,1,8,11-17H2,2-4H3,(H,27,29). The average Bonchev–Trinajstić information content (AvgIpc) is 3.22. The number of aliphatic hydroxyl groups excluding tert-OH is 2. The summed E-state index contributed by atoms with van der Waals surface area (Å²) in [5.41, 5.74) is 1.72. The fraction of sp³-hybridized carbons (Fsp3) is 0.625. The summed E-state index contributed by atoms with van der Waals surface area (Å²) < 4.78 is 11.7. The SMILES string of the molecule is C=CCc1ccccc1OCC(O)CNC(C)(C)C1CCC(C)(NC(=O)CBr)CC1.C=CCc1ccccc1OCC(O)CNC1(C)CCC(C(C)(C)NC(=O)CBr)CC1. The summed E-state index contributed by atoms with van der Waals surface area (Å²) in [4.78, 5) is 23.5. The Hall–Kier alpha value is -2.74. The molecule has 12 heteroatoms. The topological polar surface area (TPSA) is 141 Å². The third-order valence-electron chi connectivity index (χ3n) is 12.5. The number of benzene rings is 2. The highest BCUT2D eigenvalue weighted by Crippen LogP contribution is 2.39. The molecule has 2 aliphatic carbocycles. The molecule has 0 spiro atoms. The van der Waals surface area contributed by atoms with Gasteiger partial charge in [-0.05, 0) is 141 Å². The van der Waals surface area contributed by atoms with Crippen LogP contribution in [0.15, 0.2) is 73.8 Å². The zero-order chi connectivity index (χ0) is 44.4. The Balaban J connectivity index is 0.000000320. The van der Waals surface area contributed by atoms with E-state index in [1.807, 2.05) is 60.7 Å². The van der Waals surface area contributed by atoms with Gasteiger partial charge in [0.1, 0.15) is 36.9 Å². The molecule has 0 aromatic heterocycles. The van der Waals surface area contributed by atoms with Crippen molar-refractivity contribution in [1.29, 1.82) is 0 Å². The number of halogens is 2. The Kier molecular flexibility index (Phi) is 21.3. The number of carbonyl (C=O) groups excluding carboxylic acids is 2. The molecule has 10 nitrogen and oxygen atoms in total. The van der Waals surface area contributed by atoms with Crippen LogP contribution in [-0.2, 0) is 22.4 Å². The first-order valence-electron chi connectivity index (χ1n) is 21.6. The third-order valence-corrected chi connectivity index (χ3v) is 13.5. The number of para-hydroxylation sites is 2. The highest BCUT2D eigenvalue weighted by molar-refractivity contribution is 9.09. The Morgan fingerprint density at radius 2 is 1.17 bits per heavy atom. The molecule has 60 heavy (non-hydrogen) atoms. The van der Waals surface area contributed by atoms with E-state index in [1.165, 1.54) is 0 Å². The molecule has 2 unspecified atom stereocenters. The Bertz CT molecular complexity index is 1640. The quantitative estimate of drug-likeness (QED) is 0.0516. The average molecular weight is 963 g/mol. The highest BCUT2D eigenvalue weighted by atomic mass is 79.9. The molecule has 2 aliphatic rings. The molecule has 0 saturated heterocycles. The lowest BCUT2D eigenvalue weighted by Gasteiger charge is -2.44. The lowest BCUT2D eigenvalue weighted by molar-refractivity contribution is -0.121. The second kappa shape index (κ2) is 24.8. The van der Waals surface area contributed by atoms with Crippen molar-refractivity contribution in [3.05, 3.63) is 85.0 Å². The van der Waals surface area contributed by atoms with Gasteiger partial charge in [-0.2, -0.15) is 0 Å². The number of hydrogen-bond donors (Lipinski definition) is 6. The van der Waals surface area contributed by atoms with Crippen LogP contribution < -0.4 is 30.7 Å². The molecule has 2 aromatic carbocycles. The maximum absolute atomic E-state index is 11.8. The van der Waals surface area contributed by atoms with Crippen molar-refractivity contribution in [2.75, 3.05) is 37.0 Å². The smallest absolute Gasteiger partial charge is 0.231 e. The number of amides is 2. The molecule has 336 valence electrons. The van der Waals surface area contributed by atoms with Crippen LogP contribution >= 0.6 is 31.9 Å². The maximum atomic E-state index is 11.8. The predicted molar refractivity (Wildman–Crippen MR) is 252 cm³/mol. The monoisotopic (exact) mass is 960 g/mol. The van der Waals surface area contributed by atoms with Crippen LogP contribution in [0.5, 0.6) is 11.5 Å². The number of carbonyl (C=O) groups is 2. The van der Waals surface area contributed by atoms with Crippen molar-refractivity contribution in [2.24, 2.45) is 11.8 Å². The summed E-state index contributed by atoms with van der Waals surface area (Å²) in [6.07, 6.45) is 12.2. The molecular formula is C48H74Br2N4O6. The molecule has 0 bridgehead atoms. The van der Waals surface area contributed by atoms with Gasteiger partial charge in [0.2, 0.25) is 11.8 Å². The van der Waals surface area contributed by atoms with Gasteiger partial charge in [0, 0.05) is 35.2 Å². The van der Waals surface area contributed by atoms with E-state index in [-0.39, 0.29) is 47.2 Å². The minimum absolute atomic E-state index is 0.00621. The lowest BCUT2D eigenvalue weighted by Crippen LogP contribution is -2.54. The van der Waals surface area contributed by atoms with E-state index in [9.17, 15) is 19.8 Å². The summed E-state index contributed by atoms with van der Waals surface area (Å²) >= 11 is 6.44. The lowest BCUT2D eigenvalue weighted by atomic mass is 9.70. The van der Waals surface area contributed by atoms with Crippen LogP contribution in [0, 0.1) is 11.8 Å². The largest absolute Gasteiger partial charge is 0.491 e. The van der Waals surface area contributed by atoms with E-state index in [4.69, 9.17) is 9.47 Å². The van der Waals surface area contributed by atoms with Crippen molar-refractivity contribution in [3.8, 4) is 11.5 Å². The van der Waals surface area contributed by atoms with Gasteiger partial charge in [0.05, 0.1) is 10.7 Å². The summed E-state index contributed by atoms with van der Waals surface area (Å²) in [6, 6.07) is 15.7. The van der Waals surface area contributed by atoms with Crippen molar-refractivity contribution in [2.45, 2.75) is 140 Å². The van der Waals surface area contributed by atoms with Gasteiger partial charge in [0.15, 0.2) is 0 Å². The van der Waals surface area contributed by atoms with E-state index in [0.717, 1.165) is 86.8 Å². The number of ether oxygens (including phenoxy) is 2. The van der Waals surface area contributed by atoms with Crippen LogP contribution in [0.25, 0.3) is 0 Å². The molecule has 2 aromatic rings. The van der Waals surface area contributed by atoms with E-state index < -0.39 is 12.2 Å². The maximum Gasteiger partial charge on any atom is 0.231 e. The van der Waals surface area contributed by atoms with Crippen molar-refractivity contribution < 1.29 is 29.3 Å². The number of nitrogens with one attached hydrogen (secondary N) is 4. The zero-order valence-electron chi connectivity index (χ0n) is 37.1. The fourth-order valence-corrected chi connectivity index (χ4v) is 8.72. The van der Waals surface area contributed by atoms with E-state index in [2.05, 4.69) is 108 Å².